The zero-order valence-corrected chi connectivity index (χ0v) is 13.2. The van der Waals surface area contributed by atoms with Crippen molar-refractivity contribution in [3.63, 3.8) is 0 Å². The molecule has 1 unspecified atom stereocenters. The average molecular weight is 322 g/mol. The maximum absolute atomic E-state index is 12.3. The lowest BCUT2D eigenvalue weighted by atomic mass is 10.0. The number of aromatic nitrogens is 2. The number of benzene rings is 1. The van der Waals surface area contributed by atoms with E-state index in [4.69, 9.17) is 0 Å². The molecule has 1 fully saturated rings. The highest BCUT2D eigenvalue weighted by Gasteiger charge is 2.31. The predicted octanol–water partition coefficient (Wildman–Crippen LogP) is 1.97. The van der Waals surface area contributed by atoms with Crippen LogP contribution in [0.5, 0.6) is 0 Å². The number of nitrogens with zero attached hydrogens (tertiary/aromatic N) is 2. The highest BCUT2D eigenvalue weighted by atomic mass is 16.2. The number of aromatic amines is 1. The van der Waals surface area contributed by atoms with Gasteiger partial charge < -0.3 is 5.32 Å². The molecule has 1 aliphatic carbocycles. The van der Waals surface area contributed by atoms with E-state index in [-0.39, 0.29) is 5.69 Å². The van der Waals surface area contributed by atoms with Crippen LogP contribution in [0, 0.1) is 17.2 Å². The van der Waals surface area contributed by atoms with Crippen LogP contribution in [0.25, 0.3) is 0 Å². The molecular formula is C18H18N4O2. The molecule has 2 N–H and O–H groups in total. The molecule has 1 saturated carbocycles. The van der Waals surface area contributed by atoms with E-state index in [1.54, 1.807) is 12.1 Å². The summed E-state index contributed by atoms with van der Waals surface area (Å²) in [6.45, 7) is 0.377. The van der Waals surface area contributed by atoms with E-state index in [0.29, 0.717) is 18.9 Å². The van der Waals surface area contributed by atoms with Crippen molar-refractivity contribution in [2.75, 3.05) is 6.54 Å². The van der Waals surface area contributed by atoms with Gasteiger partial charge in [-0.15, -0.1) is 0 Å². The van der Waals surface area contributed by atoms with Crippen molar-refractivity contribution < 1.29 is 9.59 Å². The summed E-state index contributed by atoms with van der Waals surface area (Å²) in [5, 5.41) is 18.6. The van der Waals surface area contributed by atoms with Gasteiger partial charge in [0.2, 0.25) is 11.7 Å². The minimum Gasteiger partial charge on any atom is -0.354 e. The van der Waals surface area contributed by atoms with Gasteiger partial charge in [0.15, 0.2) is 5.92 Å². The first-order valence-corrected chi connectivity index (χ1v) is 8.00. The Bertz CT molecular complexity index is 772. The van der Waals surface area contributed by atoms with Gasteiger partial charge >= 0.3 is 0 Å². The average Bonchev–Trinajstić information content (AvgIpc) is 3.33. The summed E-state index contributed by atoms with van der Waals surface area (Å²) in [6.07, 6.45) is 2.81. The van der Waals surface area contributed by atoms with Crippen LogP contribution in [0.4, 0.5) is 0 Å². The number of hydrogen-bond acceptors (Lipinski definition) is 4. The second-order valence-corrected chi connectivity index (χ2v) is 5.94. The van der Waals surface area contributed by atoms with Crippen LogP contribution in [0.3, 0.4) is 0 Å². The number of rotatable bonds is 7. The topological polar surface area (TPSA) is 98.6 Å². The molecule has 3 rings (SSSR count). The number of carbonyl (C=O) groups is 2. The van der Waals surface area contributed by atoms with Crippen molar-refractivity contribution in [1.29, 1.82) is 5.26 Å². The molecule has 1 amide bonds. The van der Waals surface area contributed by atoms with E-state index in [0.717, 1.165) is 24.1 Å². The van der Waals surface area contributed by atoms with Crippen molar-refractivity contribution in [1.82, 2.24) is 15.5 Å². The molecule has 24 heavy (non-hydrogen) atoms. The molecule has 0 saturated heterocycles. The number of hydrogen-bond donors (Lipinski definition) is 2. The van der Waals surface area contributed by atoms with Crippen molar-refractivity contribution in [2.24, 2.45) is 5.92 Å². The van der Waals surface area contributed by atoms with Crippen LogP contribution in [0.15, 0.2) is 36.4 Å². The molecule has 0 spiro atoms. The Labute approximate surface area is 139 Å². The van der Waals surface area contributed by atoms with Crippen LogP contribution < -0.4 is 5.32 Å². The Morgan fingerprint density at radius 3 is 2.75 bits per heavy atom. The molecule has 0 radical (unpaired) electrons. The van der Waals surface area contributed by atoms with E-state index in [1.807, 2.05) is 30.3 Å². The number of H-pyrrole nitrogens is 1. The summed E-state index contributed by atoms with van der Waals surface area (Å²) in [6, 6.07) is 13.1. The second kappa shape index (κ2) is 7.09. The van der Waals surface area contributed by atoms with Gasteiger partial charge in [-0.3, -0.25) is 14.7 Å². The summed E-state index contributed by atoms with van der Waals surface area (Å²) in [5.74, 6) is -2.07. The second-order valence-electron chi connectivity index (χ2n) is 5.94. The molecule has 1 aliphatic rings. The largest absolute Gasteiger partial charge is 0.354 e. The number of Topliss-reactive ketones (excluding diaryl/α,β-unsaturated/α-hetero) is 1. The van der Waals surface area contributed by atoms with Gasteiger partial charge in [0.1, 0.15) is 5.69 Å². The molecule has 122 valence electrons. The van der Waals surface area contributed by atoms with Gasteiger partial charge in [-0.1, -0.05) is 30.3 Å². The normalized spacial score (nSPS) is 14.6. The smallest absolute Gasteiger partial charge is 0.245 e. The summed E-state index contributed by atoms with van der Waals surface area (Å²) >= 11 is 0. The quantitative estimate of drug-likeness (QED) is 0.601. The van der Waals surface area contributed by atoms with E-state index < -0.39 is 17.6 Å². The van der Waals surface area contributed by atoms with Gasteiger partial charge in [-0.05, 0) is 30.9 Å². The van der Waals surface area contributed by atoms with E-state index >= 15 is 0 Å². The van der Waals surface area contributed by atoms with Crippen molar-refractivity contribution in [3.8, 4) is 6.07 Å². The van der Waals surface area contributed by atoms with Gasteiger partial charge in [0.25, 0.3) is 0 Å². The third kappa shape index (κ3) is 3.69. The summed E-state index contributed by atoms with van der Waals surface area (Å²) in [4.78, 5) is 24.5. The van der Waals surface area contributed by atoms with Gasteiger partial charge in [-0.2, -0.15) is 10.4 Å². The number of nitrogens with one attached hydrogen (secondary N) is 2. The van der Waals surface area contributed by atoms with Crippen LogP contribution in [0.1, 0.15) is 40.5 Å². The summed E-state index contributed by atoms with van der Waals surface area (Å²) in [5.41, 5.74) is 2.14. The van der Waals surface area contributed by atoms with Gasteiger partial charge in [0, 0.05) is 18.2 Å². The van der Waals surface area contributed by atoms with Gasteiger partial charge in [-0.25, -0.2) is 0 Å². The highest BCUT2D eigenvalue weighted by molar-refractivity contribution is 6.11. The van der Waals surface area contributed by atoms with Crippen molar-refractivity contribution in [2.45, 2.75) is 25.2 Å². The fourth-order valence-electron chi connectivity index (χ4n) is 2.53. The van der Waals surface area contributed by atoms with Crippen molar-refractivity contribution in [3.05, 3.63) is 53.3 Å². The molecule has 1 atom stereocenters. The third-order valence-electron chi connectivity index (χ3n) is 4.08. The standard InChI is InChI=1S/C18H18N4O2/c19-11-14(17(23)16-10-15(21-22-16)13-6-7-13)18(24)20-9-8-12-4-2-1-3-5-12/h1-5,10,13-14H,6-9H2,(H,20,24)(H,21,22). The molecular weight excluding hydrogens is 304 g/mol. The fourth-order valence-corrected chi connectivity index (χ4v) is 2.53. The molecule has 0 bridgehead atoms. The minimum atomic E-state index is -1.36. The Kier molecular flexibility index (Phi) is 4.71. The number of nitriles is 1. The maximum atomic E-state index is 12.3. The summed E-state index contributed by atoms with van der Waals surface area (Å²) < 4.78 is 0. The lowest BCUT2D eigenvalue weighted by molar-refractivity contribution is -0.122. The Morgan fingerprint density at radius 1 is 1.33 bits per heavy atom. The number of carbonyl (C=O) groups excluding carboxylic acids is 2. The maximum Gasteiger partial charge on any atom is 0.245 e. The molecule has 1 aromatic heterocycles. The van der Waals surface area contributed by atoms with Crippen LogP contribution in [-0.4, -0.2) is 28.4 Å². The third-order valence-corrected chi connectivity index (χ3v) is 4.08. The first-order chi connectivity index (χ1) is 11.7. The zero-order valence-electron chi connectivity index (χ0n) is 13.2. The Balaban J connectivity index is 1.56. The Morgan fingerprint density at radius 2 is 2.08 bits per heavy atom. The molecule has 1 heterocycles. The lowest BCUT2D eigenvalue weighted by Gasteiger charge is -2.08. The fraction of sp³-hybridized carbons (Fsp3) is 0.333. The van der Waals surface area contributed by atoms with Crippen molar-refractivity contribution >= 4 is 11.7 Å². The highest BCUT2D eigenvalue weighted by Crippen LogP contribution is 2.39. The minimum absolute atomic E-state index is 0.154. The molecule has 6 nitrogen and oxygen atoms in total. The van der Waals surface area contributed by atoms with Gasteiger partial charge in [0.05, 0.1) is 6.07 Å². The molecule has 1 aromatic carbocycles. The monoisotopic (exact) mass is 322 g/mol. The molecule has 0 aliphatic heterocycles. The van der Waals surface area contributed by atoms with Crippen LogP contribution in [-0.2, 0) is 11.2 Å². The Hall–Kier alpha value is -2.94. The SMILES string of the molecule is N#CC(C(=O)NCCc1ccccc1)C(=O)c1cc(C2CC2)[nH]n1. The molecule has 6 heteroatoms. The van der Waals surface area contributed by atoms with E-state index in [1.165, 1.54) is 0 Å². The van der Waals surface area contributed by atoms with E-state index in [9.17, 15) is 14.9 Å². The predicted molar refractivity (Wildman–Crippen MR) is 87.2 cm³/mol. The lowest BCUT2D eigenvalue weighted by Crippen LogP contribution is -2.36. The first kappa shape index (κ1) is 15.9. The number of ketones is 1. The van der Waals surface area contributed by atoms with Crippen LogP contribution >= 0.6 is 0 Å². The summed E-state index contributed by atoms with van der Waals surface area (Å²) in [7, 11) is 0. The van der Waals surface area contributed by atoms with Crippen LogP contribution in [0.2, 0.25) is 0 Å². The zero-order chi connectivity index (χ0) is 16.9. The first-order valence-electron chi connectivity index (χ1n) is 8.00. The number of amides is 1. The molecule has 2 aromatic rings. The van der Waals surface area contributed by atoms with E-state index in [2.05, 4.69) is 15.5 Å².